The number of benzene rings is 1. The lowest BCUT2D eigenvalue weighted by atomic mass is 9.49. The maximum atomic E-state index is 13.3. The molecular formula is C42H53N2O2+. The molecule has 8 bridgehead atoms. The van der Waals surface area contributed by atoms with E-state index in [1.54, 1.807) is 0 Å². The summed E-state index contributed by atoms with van der Waals surface area (Å²) in [7, 11) is 4.40. The molecule has 0 radical (unpaired) electrons. The van der Waals surface area contributed by atoms with Crippen molar-refractivity contribution in [3.63, 3.8) is 0 Å². The van der Waals surface area contributed by atoms with Gasteiger partial charge < -0.3 is 4.90 Å². The van der Waals surface area contributed by atoms with E-state index in [0.717, 1.165) is 59.7 Å². The molecule has 0 N–H and O–H groups in total. The van der Waals surface area contributed by atoms with Crippen LogP contribution in [0.15, 0.2) is 59.7 Å². The number of rotatable bonds is 8. The van der Waals surface area contributed by atoms with Crippen molar-refractivity contribution in [3.05, 3.63) is 65.3 Å². The van der Waals surface area contributed by atoms with Crippen LogP contribution in [0.3, 0.4) is 0 Å². The van der Waals surface area contributed by atoms with E-state index in [1.807, 2.05) is 24.3 Å². The van der Waals surface area contributed by atoms with Gasteiger partial charge in [0, 0.05) is 37.9 Å². The zero-order valence-electron chi connectivity index (χ0n) is 28.2. The van der Waals surface area contributed by atoms with Crippen LogP contribution >= 0.6 is 0 Å². The SMILES string of the molecule is CN(CCC12CC3CC(CC(C3)C1)C2)c1ccc(C2C(=O)C(=C3C=CC(=[N+](C)CCC45CC6CC(CC(C6)C4)C5)C=C3)C2=O)cc1. The number of carbonyl (C=O) groups excluding carboxylic acids is 2. The number of nitrogens with zero attached hydrogens (tertiary/aromatic N) is 2. The van der Waals surface area contributed by atoms with Gasteiger partial charge in [-0.3, -0.25) is 9.59 Å². The smallest absolute Gasteiger partial charge is 0.199 e. The Morgan fingerprint density at radius 2 is 1.13 bits per heavy atom. The zero-order chi connectivity index (χ0) is 31.2. The molecule has 10 aliphatic rings. The van der Waals surface area contributed by atoms with Crippen LogP contribution in [0.2, 0.25) is 0 Å². The Morgan fingerprint density at radius 3 is 1.61 bits per heavy atom. The third-order valence-corrected chi connectivity index (χ3v) is 14.6. The Balaban J connectivity index is 0.812. The van der Waals surface area contributed by atoms with E-state index < -0.39 is 5.92 Å². The van der Waals surface area contributed by atoms with Gasteiger partial charge in [-0.15, -0.1) is 0 Å². The molecule has 0 spiro atoms. The first kappa shape index (κ1) is 29.4. The van der Waals surface area contributed by atoms with Crippen LogP contribution in [0.4, 0.5) is 5.69 Å². The van der Waals surface area contributed by atoms with Crippen molar-refractivity contribution in [3.8, 4) is 0 Å². The highest BCUT2D eigenvalue weighted by Crippen LogP contribution is 2.62. The van der Waals surface area contributed by atoms with Crippen molar-refractivity contribution in [2.45, 2.75) is 95.8 Å². The maximum absolute atomic E-state index is 13.3. The third kappa shape index (κ3) is 5.03. The third-order valence-electron chi connectivity index (χ3n) is 14.6. The van der Waals surface area contributed by atoms with Gasteiger partial charge in [0.2, 0.25) is 0 Å². The zero-order valence-corrected chi connectivity index (χ0v) is 28.2. The van der Waals surface area contributed by atoms with E-state index in [-0.39, 0.29) is 11.6 Å². The first-order chi connectivity index (χ1) is 22.2. The van der Waals surface area contributed by atoms with Gasteiger partial charge in [-0.05, 0) is 165 Å². The van der Waals surface area contributed by atoms with E-state index in [1.165, 1.54) is 101 Å². The predicted molar refractivity (Wildman–Crippen MR) is 184 cm³/mol. The molecule has 11 rings (SSSR count). The fraction of sp³-hybridized carbons (Fsp3) is 0.643. The molecule has 0 saturated heterocycles. The molecule has 10 aliphatic carbocycles. The number of anilines is 1. The molecule has 9 saturated carbocycles. The maximum Gasteiger partial charge on any atom is 0.199 e. The second kappa shape index (κ2) is 10.9. The molecule has 1 aromatic rings. The fourth-order valence-electron chi connectivity index (χ4n) is 13.1. The van der Waals surface area contributed by atoms with Crippen molar-refractivity contribution >= 4 is 23.0 Å². The highest BCUT2D eigenvalue weighted by Gasteiger charge is 2.52. The van der Waals surface area contributed by atoms with Crippen molar-refractivity contribution < 1.29 is 14.2 Å². The molecule has 0 heterocycles. The lowest BCUT2D eigenvalue weighted by molar-refractivity contribution is -0.499. The molecule has 4 heteroatoms. The van der Waals surface area contributed by atoms with E-state index in [9.17, 15) is 9.59 Å². The van der Waals surface area contributed by atoms with Crippen molar-refractivity contribution in [2.75, 3.05) is 32.1 Å². The number of allylic oxidation sites excluding steroid dienone is 6. The molecule has 4 nitrogen and oxygen atoms in total. The van der Waals surface area contributed by atoms with Gasteiger partial charge in [-0.2, -0.15) is 0 Å². The van der Waals surface area contributed by atoms with Crippen LogP contribution in [0, 0.1) is 46.3 Å². The fourth-order valence-corrected chi connectivity index (χ4v) is 13.1. The Labute approximate surface area is 276 Å². The van der Waals surface area contributed by atoms with E-state index in [2.05, 4.69) is 47.9 Å². The summed E-state index contributed by atoms with van der Waals surface area (Å²) in [5.41, 5.74) is 5.50. The molecule has 1 aromatic carbocycles. The van der Waals surface area contributed by atoms with Gasteiger partial charge in [0.15, 0.2) is 17.3 Å². The van der Waals surface area contributed by atoms with Crippen LogP contribution in [0.1, 0.15) is 101 Å². The number of hydrogen-bond acceptors (Lipinski definition) is 3. The van der Waals surface area contributed by atoms with Gasteiger partial charge in [0.05, 0.1) is 5.57 Å². The summed E-state index contributed by atoms with van der Waals surface area (Å²) in [6.07, 6.45) is 28.5. The van der Waals surface area contributed by atoms with E-state index in [0.29, 0.717) is 16.4 Å². The normalized spacial score (nSPS) is 39.9. The van der Waals surface area contributed by atoms with Gasteiger partial charge in [-0.1, -0.05) is 12.1 Å². The Morgan fingerprint density at radius 1 is 0.674 bits per heavy atom. The molecule has 9 fully saturated rings. The summed E-state index contributed by atoms with van der Waals surface area (Å²) in [6, 6.07) is 8.24. The highest BCUT2D eigenvalue weighted by molar-refractivity contribution is 6.42. The first-order valence-electron chi connectivity index (χ1n) is 18.8. The second-order valence-electron chi connectivity index (χ2n) is 17.9. The molecule has 0 aromatic heterocycles. The van der Waals surface area contributed by atoms with Crippen LogP contribution in [0.25, 0.3) is 0 Å². The molecule has 46 heavy (non-hydrogen) atoms. The van der Waals surface area contributed by atoms with Crippen LogP contribution < -0.4 is 4.90 Å². The quantitative estimate of drug-likeness (QED) is 0.128. The molecule has 0 atom stereocenters. The number of ketones is 2. The first-order valence-corrected chi connectivity index (χ1v) is 18.8. The van der Waals surface area contributed by atoms with Crippen molar-refractivity contribution in [1.82, 2.24) is 0 Å². The average Bonchev–Trinajstić information content (AvgIpc) is 3.02. The number of hydrogen-bond donors (Lipinski definition) is 0. The lowest BCUT2D eigenvalue weighted by Gasteiger charge is -2.57. The molecule has 0 unspecified atom stereocenters. The van der Waals surface area contributed by atoms with Gasteiger partial charge in [-0.25, -0.2) is 4.58 Å². The minimum Gasteiger partial charge on any atom is -0.375 e. The highest BCUT2D eigenvalue weighted by atomic mass is 16.2. The van der Waals surface area contributed by atoms with Gasteiger partial charge in [0.1, 0.15) is 19.5 Å². The summed E-state index contributed by atoms with van der Waals surface area (Å²) in [6.45, 7) is 2.16. The van der Waals surface area contributed by atoms with Gasteiger partial charge >= 0.3 is 0 Å². The molecule has 0 amide bonds. The Bertz CT molecular complexity index is 1460. The van der Waals surface area contributed by atoms with Crippen LogP contribution in [0.5, 0.6) is 0 Å². The summed E-state index contributed by atoms with van der Waals surface area (Å²) in [4.78, 5) is 29.1. The summed E-state index contributed by atoms with van der Waals surface area (Å²) < 4.78 is 2.38. The van der Waals surface area contributed by atoms with Gasteiger partial charge in [0.25, 0.3) is 0 Å². The molecular weight excluding hydrogens is 564 g/mol. The van der Waals surface area contributed by atoms with E-state index >= 15 is 0 Å². The van der Waals surface area contributed by atoms with E-state index in [4.69, 9.17) is 0 Å². The summed E-state index contributed by atoms with van der Waals surface area (Å²) >= 11 is 0. The van der Waals surface area contributed by atoms with Crippen LogP contribution in [-0.4, -0.2) is 49.0 Å². The van der Waals surface area contributed by atoms with Crippen molar-refractivity contribution in [2.24, 2.45) is 46.3 Å². The minimum atomic E-state index is -0.649. The second-order valence-corrected chi connectivity index (χ2v) is 17.9. The standard InChI is InChI=1S/C42H53N2O2/c1-43(13-11-41-21-27-15-28(22-41)17-29(16-27)23-41)35-7-3-33(4-8-35)37-39(45)38(40(37)46)34-5-9-36(10-6-34)44(2)14-12-42-24-30-18-31(25-42)20-32(19-30)26-42/h3-10,27-32,37H,11-26H2,1-2H3/q+1. The average molecular weight is 618 g/mol. The Hall–Kier alpha value is -2.75. The predicted octanol–water partition coefficient (Wildman–Crippen LogP) is 8.08. The molecule has 0 aliphatic heterocycles. The van der Waals surface area contributed by atoms with Crippen LogP contribution in [-0.2, 0) is 9.59 Å². The Kier molecular flexibility index (Phi) is 6.96. The number of Topliss-reactive ketones (excluding diaryl/α,β-unsaturated/α-hetero) is 2. The van der Waals surface area contributed by atoms with Crippen molar-refractivity contribution in [1.29, 1.82) is 0 Å². The monoisotopic (exact) mass is 617 g/mol. The largest absolute Gasteiger partial charge is 0.375 e. The summed E-state index contributed by atoms with van der Waals surface area (Å²) in [5, 5.41) is 0. The summed E-state index contributed by atoms with van der Waals surface area (Å²) in [5.74, 6) is 5.26. The lowest BCUT2D eigenvalue weighted by Crippen LogP contribution is -2.47. The number of carbonyl (C=O) groups is 2. The topological polar surface area (TPSA) is 40.4 Å². The molecule has 242 valence electrons. The minimum absolute atomic E-state index is 0.0316.